The quantitative estimate of drug-likeness (QED) is 0.942. The van der Waals surface area contributed by atoms with E-state index in [4.69, 9.17) is 4.52 Å². The van der Waals surface area contributed by atoms with Gasteiger partial charge >= 0.3 is 0 Å². The molecule has 108 valence electrons. The van der Waals surface area contributed by atoms with Crippen LogP contribution < -0.4 is 5.32 Å². The van der Waals surface area contributed by atoms with Crippen molar-refractivity contribution in [3.8, 4) is 0 Å². The van der Waals surface area contributed by atoms with Crippen LogP contribution in [-0.4, -0.2) is 16.8 Å². The normalized spacial score (nSPS) is 20.9. The van der Waals surface area contributed by atoms with Crippen molar-refractivity contribution in [2.75, 3.05) is 5.75 Å². The number of benzene rings is 1. The predicted molar refractivity (Wildman–Crippen MR) is 80.5 cm³/mol. The van der Waals surface area contributed by atoms with Crippen LogP contribution in [0.15, 0.2) is 39.8 Å². The van der Waals surface area contributed by atoms with Crippen molar-refractivity contribution in [1.82, 2.24) is 10.5 Å². The number of carbonyl (C=O) groups is 1. The number of fused-ring (bicyclic) bond motifs is 1. The number of amides is 1. The molecule has 0 bridgehead atoms. The molecule has 1 aliphatic carbocycles. The monoisotopic (exact) mass is 300 g/mol. The van der Waals surface area contributed by atoms with Crippen molar-refractivity contribution in [3.05, 3.63) is 47.3 Å². The molecule has 1 saturated carbocycles. The molecule has 1 N–H and O–H groups in total. The van der Waals surface area contributed by atoms with Gasteiger partial charge in [0, 0.05) is 22.6 Å². The van der Waals surface area contributed by atoms with Gasteiger partial charge < -0.3 is 9.84 Å². The fourth-order valence-corrected chi connectivity index (χ4v) is 3.81. The number of rotatable bonds is 3. The molecular formula is C16H16N2O2S. The van der Waals surface area contributed by atoms with E-state index >= 15 is 0 Å². The first-order valence-corrected chi connectivity index (χ1v) is 8.29. The summed E-state index contributed by atoms with van der Waals surface area (Å²) in [4.78, 5) is 13.6. The van der Waals surface area contributed by atoms with Crippen molar-refractivity contribution < 1.29 is 9.32 Å². The van der Waals surface area contributed by atoms with Crippen molar-refractivity contribution in [2.45, 2.75) is 36.1 Å². The first-order chi connectivity index (χ1) is 10.3. The van der Waals surface area contributed by atoms with Crippen LogP contribution >= 0.6 is 11.8 Å². The predicted octanol–water partition coefficient (Wildman–Crippen LogP) is 3.52. The summed E-state index contributed by atoms with van der Waals surface area (Å²) in [6.07, 6.45) is 3.23. The van der Waals surface area contributed by atoms with E-state index in [1.165, 1.54) is 10.5 Å². The molecule has 1 aromatic heterocycles. The van der Waals surface area contributed by atoms with Crippen LogP contribution in [0.5, 0.6) is 0 Å². The van der Waals surface area contributed by atoms with Crippen LogP contribution in [0.2, 0.25) is 0 Å². The van der Waals surface area contributed by atoms with Crippen molar-refractivity contribution in [3.63, 3.8) is 0 Å². The van der Waals surface area contributed by atoms with Gasteiger partial charge in [0.2, 0.25) is 0 Å². The van der Waals surface area contributed by atoms with Crippen LogP contribution in [-0.2, 0) is 0 Å². The molecule has 1 aliphatic heterocycles. The zero-order chi connectivity index (χ0) is 14.2. The summed E-state index contributed by atoms with van der Waals surface area (Å²) in [5.74, 6) is 2.21. The second-order valence-electron chi connectivity index (χ2n) is 5.59. The van der Waals surface area contributed by atoms with Crippen LogP contribution in [0, 0.1) is 0 Å². The largest absolute Gasteiger partial charge is 0.360 e. The third-order valence-corrected chi connectivity index (χ3v) is 5.13. The second kappa shape index (κ2) is 5.22. The fourth-order valence-electron chi connectivity index (χ4n) is 2.68. The molecule has 1 unspecified atom stereocenters. The Morgan fingerprint density at radius 3 is 3.00 bits per heavy atom. The highest BCUT2D eigenvalue weighted by atomic mass is 32.2. The Balaban J connectivity index is 1.51. The van der Waals surface area contributed by atoms with Crippen LogP contribution in [0.4, 0.5) is 0 Å². The maximum Gasteiger partial charge on any atom is 0.273 e. The van der Waals surface area contributed by atoms with Crippen LogP contribution in [0.3, 0.4) is 0 Å². The van der Waals surface area contributed by atoms with E-state index in [-0.39, 0.29) is 11.9 Å². The number of hydrogen-bond donors (Lipinski definition) is 1. The zero-order valence-electron chi connectivity index (χ0n) is 11.5. The smallest absolute Gasteiger partial charge is 0.273 e. The summed E-state index contributed by atoms with van der Waals surface area (Å²) < 4.78 is 5.25. The molecule has 2 heterocycles. The van der Waals surface area contributed by atoms with E-state index in [2.05, 4.69) is 22.6 Å². The van der Waals surface area contributed by atoms with Gasteiger partial charge in [-0.2, -0.15) is 0 Å². The zero-order valence-corrected chi connectivity index (χ0v) is 12.4. The lowest BCUT2D eigenvalue weighted by atomic mass is 10.0. The fraction of sp³-hybridized carbons (Fsp3) is 0.375. The molecule has 1 fully saturated rings. The minimum absolute atomic E-state index is 0.0658. The number of thioether (sulfide) groups is 1. The van der Waals surface area contributed by atoms with Gasteiger partial charge in [0.25, 0.3) is 5.91 Å². The number of aromatic nitrogens is 1. The van der Waals surface area contributed by atoms with Gasteiger partial charge in [0.15, 0.2) is 5.69 Å². The minimum Gasteiger partial charge on any atom is -0.360 e. The summed E-state index contributed by atoms with van der Waals surface area (Å²) in [5, 5.41) is 7.00. The van der Waals surface area contributed by atoms with Crippen LogP contribution in [0.25, 0.3) is 0 Å². The highest BCUT2D eigenvalue weighted by Gasteiger charge is 2.29. The average molecular weight is 300 g/mol. The van der Waals surface area contributed by atoms with Gasteiger partial charge in [-0.25, -0.2) is 0 Å². The summed E-state index contributed by atoms with van der Waals surface area (Å²) >= 11 is 1.85. The van der Waals surface area contributed by atoms with Crippen molar-refractivity contribution >= 4 is 17.7 Å². The van der Waals surface area contributed by atoms with E-state index in [0.717, 1.165) is 30.8 Å². The molecule has 2 aromatic rings. The molecule has 1 atom stereocenters. The Morgan fingerprint density at radius 2 is 2.14 bits per heavy atom. The van der Waals surface area contributed by atoms with E-state index < -0.39 is 0 Å². The Morgan fingerprint density at radius 1 is 1.29 bits per heavy atom. The van der Waals surface area contributed by atoms with Gasteiger partial charge in [0.1, 0.15) is 5.76 Å². The molecule has 21 heavy (non-hydrogen) atoms. The third kappa shape index (κ3) is 2.58. The molecule has 4 rings (SSSR count). The highest BCUT2D eigenvalue weighted by Crippen LogP contribution is 2.40. The van der Waals surface area contributed by atoms with Crippen LogP contribution in [0.1, 0.15) is 53.0 Å². The second-order valence-corrected chi connectivity index (χ2v) is 6.73. The molecule has 1 aromatic carbocycles. The van der Waals surface area contributed by atoms with Gasteiger partial charge in [-0.05, 0) is 30.9 Å². The highest BCUT2D eigenvalue weighted by molar-refractivity contribution is 7.99. The summed E-state index contributed by atoms with van der Waals surface area (Å²) in [5.41, 5.74) is 1.60. The van der Waals surface area contributed by atoms with Crippen molar-refractivity contribution in [2.24, 2.45) is 0 Å². The maximum absolute atomic E-state index is 12.3. The molecule has 0 saturated heterocycles. The van der Waals surface area contributed by atoms with Gasteiger partial charge in [-0.1, -0.05) is 23.4 Å². The van der Waals surface area contributed by atoms with E-state index in [9.17, 15) is 4.79 Å². The lowest BCUT2D eigenvalue weighted by Crippen LogP contribution is -2.30. The average Bonchev–Trinajstić information content (AvgIpc) is 3.25. The van der Waals surface area contributed by atoms with E-state index in [1.807, 2.05) is 23.9 Å². The summed E-state index contributed by atoms with van der Waals surface area (Å²) in [6.45, 7) is 0. The number of nitrogens with one attached hydrogen (secondary N) is 1. The Kier molecular flexibility index (Phi) is 3.22. The van der Waals surface area contributed by atoms with E-state index in [0.29, 0.717) is 11.6 Å². The van der Waals surface area contributed by atoms with Gasteiger partial charge in [-0.15, -0.1) is 11.8 Å². The number of hydrogen-bond acceptors (Lipinski definition) is 4. The minimum atomic E-state index is -0.141. The molecule has 1 amide bonds. The Hall–Kier alpha value is -1.75. The summed E-state index contributed by atoms with van der Waals surface area (Å²) in [7, 11) is 0. The van der Waals surface area contributed by atoms with Crippen molar-refractivity contribution in [1.29, 1.82) is 0 Å². The summed E-state index contributed by atoms with van der Waals surface area (Å²) in [6, 6.07) is 10.1. The SMILES string of the molecule is O=C(NC1CCSc2ccccc21)c1cc(C2CC2)on1. The molecular weight excluding hydrogens is 284 g/mol. The standard InChI is InChI=1S/C16H16N2O2S/c19-16(13-9-14(20-18-13)10-5-6-10)17-12-7-8-21-15-4-2-1-3-11(12)15/h1-4,9-10,12H,5-8H2,(H,17,19). The first-order valence-electron chi connectivity index (χ1n) is 7.30. The molecule has 0 spiro atoms. The molecule has 2 aliphatic rings. The molecule has 0 radical (unpaired) electrons. The lowest BCUT2D eigenvalue weighted by Gasteiger charge is -2.25. The topological polar surface area (TPSA) is 55.1 Å². The Bertz CT molecular complexity index is 678. The molecule has 5 heteroatoms. The van der Waals surface area contributed by atoms with Gasteiger partial charge in [0.05, 0.1) is 6.04 Å². The lowest BCUT2D eigenvalue weighted by molar-refractivity contribution is 0.0925. The number of nitrogens with zero attached hydrogens (tertiary/aromatic N) is 1. The number of carbonyl (C=O) groups excluding carboxylic acids is 1. The third-order valence-electron chi connectivity index (χ3n) is 4.00. The first kappa shape index (κ1) is 13.0. The van der Waals surface area contributed by atoms with Gasteiger partial charge in [-0.3, -0.25) is 4.79 Å². The Labute approximate surface area is 127 Å². The van der Waals surface area contributed by atoms with E-state index in [1.54, 1.807) is 6.07 Å². The molecule has 4 nitrogen and oxygen atoms in total. The maximum atomic E-state index is 12.3.